The van der Waals surface area contributed by atoms with Gasteiger partial charge in [0.05, 0.1) is 19.3 Å². The molecular weight excluding hydrogens is 324 g/mol. The van der Waals surface area contributed by atoms with Crippen molar-refractivity contribution in [3.8, 4) is 5.75 Å². The monoisotopic (exact) mass is 346 g/mol. The van der Waals surface area contributed by atoms with E-state index < -0.39 is 0 Å². The van der Waals surface area contributed by atoms with Gasteiger partial charge in [0.25, 0.3) is 0 Å². The second kappa shape index (κ2) is 8.72. The molecule has 0 spiro atoms. The predicted molar refractivity (Wildman–Crippen MR) is 106 cm³/mol. The van der Waals surface area contributed by atoms with Crippen LogP contribution in [0.3, 0.4) is 0 Å². The quantitative estimate of drug-likeness (QED) is 0.692. The Morgan fingerprint density at radius 1 is 0.885 bits per heavy atom. The summed E-state index contributed by atoms with van der Waals surface area (Å²) in [6.45, 7) is 0.904. The summed E-state index contributed by atoms with van der Waals surface area (Å²) >= 11 is 0. The van der Waals surface area contributed by atoms with E-state index in [0.29, 0.717) is 18.0 Å². The van der Waals surface area contributed by atoms with Gasteiger partial charge < -0.3 is 15.0 Å². The highest BCUT2D eigenvalue weighted by Gasteiger charge is 2.14. The van der Waals surface area contributed by atoms with Crippen molar-refractivity contribution in [2.45, 2.75) is 6.54 Å². The van der Waals surface area contributed by atoms with Gasteiger partial charge in [0.1, 0.15) is 5.75 Å². The Kier molecular flexibility index (Phi) is 5.88. The van der Waals surface area contributed by atoms with Crippen LogP contribution < -0.4 is 15.0 Å². The molecule has 0 radical (unpaired) electrons. The topological polar surface area (TPSA) is 41.6 Å². The van der Waals surface area contributed by atoms with Gasteiger partial charge in [-0.25, -0.2) is 0 Å². The van der Waals surface area contributed by atoms with Crippen LogP contribution in [0, 0.1) is 0 Å². The zero-order chi connectivity index (χ0) is 18.2. The fourth-order valence-corrected chi connectivity index (χ4v) is 2.79. The summed E-state index contributed by atoms with van der Waals surface area (Å²) in [5.74, 6) is 0.560. The molecule has 4 nitrogen and oxygen atoms in total. The first-order valence-electron chi connectivity index (χ1n) is 8.53. The fraction of sp³-hybridized carbons (Fsp3) is 0.136. The highest BCUT2D eigenvalue weighted by Crippen LogP contribution is 2.23. The van der Waals surface area contributed by atoms with Gasteiger partial charge in [0.2, 0.25) is 5.91 Å². The summed E-state index contributed by atoms with van der Waals surface area (Å²) in [7, 11) is 1.59. The van der Waals surface area contributed by atoms with E-state index >= 15 is 0 Å². The van der Waals surface area contributed by atoms with Crippen molar-refractivity contribution in [2.24, 2.45) is 0 Å². The lowest BCUT2D eigenvalue weighted by Crippen LogP contribution is -2.33. The number of amides is 1. The lowest BCUT2D eigenvalue weighted by Gasteiger charge is -2.24. The van der Waals surface area contributed by atoms with Gasteiger partial charge in [-0.3, -0.25) is 4.79 Å². The van der Waals surface area contributed by atoms with Gasteiger partial charge in [-0.2, -0.15) is 0 Å². The Labute approximate surface area is 154 Å². The van der Waals surface area contributed by atoms with Crippen LogP contribution in [-0.4, -0.2) is 19.6 Å². The molecule has 0 saturated carbocycles. The third kappa shape index (κ3) is 4.63. The van der Waals surface area contributed by atoms with E-state index in [1.807, 2.05) is 72.8 Å². The van der Waals surface area contributed by atoms with E-state index in [4.69, 9.17) is 4.74 Å². The molecule has 0 heterocycles. The molecule has 3 rings (SSSR count). The molecule has 3 aromatic carbocycles. The van der Waals surface area contributed by atoms with E-state index in [1.165, 1.54) is 0 Å². The molecule has 0 atom stereocenters. The van der Waals surface area contributed by atoms with Gasteiger partial charge in [0.15, 0.2) is 0 Å². The second-order valence-electron chi connectivity index (χ2n) is 5.93. The van der Waals surface area contributed by atoms with Crippen molar-refractivity contribution in [2.75, 3.05) is 23.9 Å². The fourth-order valence-electron chi connectivity index (χ4n) is 2.79. The van der Waals surface area contributed by atoms with Gasteiger partial charge in [-0.15, -0.1) is 0 Å². The third-order valence-corrected chi connectivity index (χ3v) is 4.05. The average Bonchev–Trinajstić information content (AvgIpc) is 2.69. The summed E-state index contributed by atoms with van der Waals surface area (Å²) in [4.78, 5) is 14.7. The molecule has 0 aliphatic carbocycles. The summed E-state index contributed by atoms with van der Waals surface area (Å²) in [5, 5.41) is 2.94. The van der Waals surface area contributed by atoms with E-state index in [0.717, 1.165) is 11.3 Å². The number of carbonyl (C=O) groups is 1. The number of methoxy groups -OCH3 is 1. The molecule has 4 heteroatoms. The van der Waals surface area contributed by atoms with Gasteiger partial charge in [0, 0.05) is 12.2 Å². The second-order valence-corrected chi connectivity index (χ2v) is 5.93. The molecule has 3 aromatic rings. The average molecular weight is 346 g/mol. The number of rotatable bonds is 7. The molecule has 26 heavy (non-hydrogen) atoms. The highest BCUT2D eigenvalue weighted by molar-refractivity contribution is 5.95. The lowest BCUT2D eigenvalue weighted by molar-refractivity contribution is -0.115. The predicted octanol–water partition coefficient (Wildman–Crippen LogP) is 4.34. The summed E-state index contributed by atoms with van der Waals surface area (Å²) in [5.41, 5.74) is 2.83. The molecule has 1 N–H and O–H groups in total. The standard InChI is InChI=1S/C22H22N2O2/c1-26-21-15-9-8-14-20(21)23-22(25)17-24(19-12-6-3-7-13-19)16-18-10-4-2-5-11-18/h2-15H,16-17H2,1H3,(H,23,25). The van der Waals surface area contributed by atoms with Gasteiger partial charge >= 0.3 is 0 Å². The molecule has 0 aromatic heterocycles. The maximum atomic E-state index is 12.6. The highest BCUT2D eigenvalue weighted by atomic mass is 16.5. The van der Waals surface area contributed by atoms with Crippen molar-refractivity contribution < 1.29 is 9.53 Å². The number of para-hydroxylation sites is 3. The van der Waals surface area contributed by atoms with E-state index in [2.05, 4.69) is 22.3 Å². The zero-order valence-corrected chi connectivity index (χ0v) is 14.8. The number of anilines is 2. The van der Waals surface area contributed by atoms with E-state index in [-0.39, 0.29) is 12.5 Å². The number of benzene rings is 3. The van der Waals surface area contributed by atoms with Crippen LogP contribution in [-0.2, 0) is 11.3 Å². The number of ether oxygens (including phenoxy) is 1. The Bertz CT molecular complexity index is 835. The normalized spacial score (nSPS) is 10.2. The maximum absolute atomic E-state index is 12.6. The van der Waals surface area contributed by atoms with Crippen molar-refractivity contribution in [3.63, 3.8) is 0 Å². The minimum absolute atomic E-state index is 0.0886. The Balaban J connectivity index is 1.75. The Morgan fingerprint density at radius 2 is 1.50 bits per heavy atom. The number of nitrogens with one attached hydrogen (secondary N) is 1. The molecule has 0 aliphatic heterocycles. The van der Waals surface area contributed by atoms with Crippen LogP contribution in [0.2, 0.25) is 0 Å². The largest absolute Gasteiger partial charge is 0.495 e. The molecule has 0 aliphatic rings. The first kappa shape index (κ1) is 17.5. The SMILES string of the molecule is COc1ccccc1NC(=O)CN(Cc1ccccc1)c1ccccc1. The Hall–Kier alpha value is -3.27. The maximum Gasteiger partial charge on any atom is 0.244 e. The number of nitrogens with zero attached hydrogens (tertiary/aromatic N) is 1. The van der Waals surface area contributed by atoms with Crippen LogP contribution in [0.25, 0.3) is 0 Å². The first-order valence-corrected chi connectivity index (χ1v) is 8.53. The molecule has 1 amide bonds. The van der Waals surface area contributed by atoms with Crippen molar-refractivity contribution in [1.82, 2.24) is 0 Å². The van der Waals surface area contributed by atoms with Crippen molar-refractivity contribution >= 4 is 17.3 Å². The Morgan fingerprint density at radius 3 is 2.19 bits per heavy atom. The first-order chi connectivity index (χ1) is 12.8. The summed E-state index contributed by atoms with van der Waals surface area (Å²) < 4.78 is 5.30. The molecule has 0 unspecified atom stereocenters. The number of hydrogen-bond donors (Lipinski definition) is 1. The van der Waals surface area contributed by atoms with Crippen LogP contribution in [0.4, 0.5) is 11.4 Å². The molecule has 132 valence electrons. The summed E-state index contributed by atoms with van der Waals surface area (Å²) in [6, 6.07) is 27.5. The smallest absolute Gasteiger partial charge is 0.244 e. The number of carbonyl (C=O) groups excluding carboxylic acids is 1. The number of hydrogen-bond acceptors (Lipinski definition) is 3. The molecular formula is C22H22N2O2. The van der Waals surface area contributed by atoms with Crippen molar-refractivity contribution in [1.29, 1.82) is 0 Å². The minimum Gasteiger partial charge on any atom is -0.495 e. The van der Waals surface area contributed by atoms with E-state index in [1.54, 1.807) is 7.11 Å². The van der Waals surface area contributed by atoms with Crippen LogP contribution >= 0.6 is 0 Å². The van der Waals surface area contributed by atoms with Crippen molar-refractivity contribution in [3.05, 3.63) is 90.5 Å². The summed E-state index contributed by atoms with van der Waals surface area (Å²) in [6.07, 6.45) is 0. The van der Waals surface area contributed by atoms with Crippen LogP contribution in [0.15, 0.2) is 84.9 Å². The van der Waals surface area contributed by atoms with Gasteiger partial charge in [-0.1, -0.05) is 60.7 Å². The molecule has 0 fully saturated rings. The molecule has 0 saturated heterocycles. The van der Waals surface area contributed by atoms with Crippen LogP contribution in [0.1, 0.15) is 5.56 Å². The zero-order valence-electron chi connectivity index (χ0n) is 14.8. The van der Waals surface area contributed by atoms with Crippen LogP contribution in [0.5, 0.6) is 5.75 Å². The molecule has 0 bridgehead atoms. The van der Waals surface area contributed by atoms with Gasteiger partial charge in [-0.05, 0) is 29.8 Å². The minimum atomic E-state index is -0.0886. The third-order valence-electron chi connectivity index (χ3n) is 4.05. The van der Waals surface area contributed by atoms with E-state index in [9.17, 15) is 4.79 Å². The lowest BCUT2D eigenvalue weighted by atomic mass is 10.2.